The van der Waals surface area contributed by atoms with Gasteiger partial charge in [-0.25, -0.2) is 0 Å². The predicted molar refractivity (Wildman–Crippen MR) is 231 cm³/mol. The molecule has 0 N–H and O–H groups in total. The fourth-order valence-corrected chi connectivity index (χ4v) is 6.93. The Morgan fingerprint density at radius 1 is 0.536 bits per heavy atom. The highest BCUT2D eigenvalue weighted by Crippen LogP contribution is 2.16. The Kier molecular flexibility index (Phi) is 38.1. The first-order chi connectivity index (χ1) is 27.1. The van der Waals surface area contributed by atoms with Crippen LogP contribution in [0.1, 0.15) is 213 Å². The van der Waals surface area contributed by atoms with Crippen molar-refractivity contribution in [2.75, 3.05) is 41.0 Å². The molecular formula is C48H89NO7. The molecule has 0 saturated heterocycles. The molecule has 0 radical (unpaired) electrons. The molecule has 0 heterocycles. The smallest absolute Gasteiger partial charge is 0.306 e. The number of ether oxygens (including phenoxy) is 3. The van der Waals surface area contributed by atoms with Gasteiger partial charge in [-0.1, -0.05) is 179 Å². The normalized spacial score (nSPS) is 13.1. The Balaban J connectivity index is 4.25. The molecule has 0 aromatic rings. The third-order valence-electron chi connectivity index (χ3n) is 10.6. The highest BCUT2D eigenvalue weighted by atomic mass is 16.6. The average Bonchev–Trinajstić information content (AvgIpc) is 3.15. The number of hydrogen-bond acceptors (Lipinski definition) is 7. The van der Waals surface area contributed by atoms with Gasteiger partial charge in [-0.05, 0) is 38.5 Å². The minimum Gasteiger partial charge on any atom is -0.544 e. The minimum atomic E-state index is -1.13. The topological polar surface area (TPSA) is 102 Å². The van der Waals surface area contributed by atoms with Crippen LogP contribution < -0.4 is 5.11 Å². The van der Waals surface area contributed by atoms with Crippen LogP contribution in [0.3, 0.4) is 0 Å². The summed E-state index contributed by atoms with van der Waals surface area (Å²) in [6.45, 7) is 4.61. The number of likely N-dealkylation sites (N-methyl/N-ethyl adjacent to an activating group) is 1. The molecular weight excluding hydrogens is 703 g/mol. The summed E-state index contributed by atoms with van der Waals surface area (Å²) in [5.41, 5.74) is 0. The minimum absolute atomic E-state index is 0.0388. The zero-order chi connectivity index (χ0) is 41.4. The third kappa shape index (κ3) is 37.4. The number of carbonyl (C=O) groups excluding carboxylic acids is 3. The number of allylic oxidation sites excluding steroid dienone is 4. The number of carboxylic acids is 1. The van der Waals surface area contributed by atoms with E-state index in [4.69, 9.17) is 14.2 Å². The molecule has 56 heavy (non-hydrogen) atoms. The Hall–Kier alpha value is -2.19. The quantitative estimate of drug-likeness (QED) is 0.0262. The van der Waals surface area contributed by atoms with Crippen LogP contribution in [0.2, 0.25) is 0 Å². The van der Waals surface area contributed by atoms with E-state index in [1.807, 2.05) is 0 Å². The fourth-order valence-electron chi connectivity index (χ4n) is 6.93. The number of carboxylic acid groups (broad SMARTS) is 1. The summed E-state index contributed by atoms with van der Waals surface area (Å²) in [5, 5.41) is 11.6. The second kappa shape index (κ2) is 39.6. The van der Waals surface area contributed by atoms with Crippen molar-refractivity contribution in [1.82, 2.24) is 0 Å². The van der Waals surface area contributed by atoms with E-state index >= 15 is 0 Å². The SMILES string of the molecule is CCC/C=C\C/C=C\CCCCCCCC(=O)OC(COCCC(C(=O)[O-])[N+](C)(C)C)COC(=O)CCCCCCCCCCCCCCCCCCCCC. The van der Waals surface area contributed by atoms with Gasteiger partial charge in [-0.15, -0.1) is 0 Å². The number of carbonyl (C=O) groups is 3. The van der Waals surface area contributed by atoms with Crippen molar-refractivity contribution in [3.8, 4) is 0 Å². The van der Waals surface area contributed by atoms with Gasteiger partial charge in [-0.3, -0.25) is 9.59 Å². The van der Waals surface area contributed by atoms with E-state index in [-0.39, 0.29) is 42.7 Å². The van der Waals surface area contributed by atoms with Gasteiger partial charge in [0.2, 0.25) is 0 Å². The maximum absolute atomic E-state index is 12.7. The molecule has 2 atom stereocenters. The Morgan fingerprint density at radius 3 is 1.45 bits per heavy atom. The molecule has 0 aromatic carbocycles. The van der Waals surface area contributed by atoms with E-state index in [9.17, 15) is 19.5 Å². The van der Waals surface area contributed by atoms with Gasteiger partial charge in [0.1, 0.15) is 12.6 Å². The number of rotatable bonds is 42. The molecule has 0 aromatic heterocycles. The monoisotopic (exact) mass is 792 g/mol. The molecule has 328 valence electrons. The predicted octanol–water partition coefficient (Wildman–Crippen LogP) is 11.5. The van der Waals surface area contributed by atoms with Crippen molar-refractivity contribution < 1.29 is 38.2 Å². The summed E-state index contributed by atoms with van der Waals surface area (Å²) in [6.07, 6.45) is 43.5. The molecule has 0 aliphatic carbocycles. The summed E-state index contributed by atoms with van der Waals surface area (Å²) in [4.78, 5) is 36.9. The zero-order valence-corrected chi connectivity index (χ0v) is 37.3. The molecule has 0 spiro atoms. The molecule has 0 rings (SSSR count). The summed E-state index contributed by atoms with van der Waals surface area (Å²) in [7, 11) is 5.41. The average molecular weight is 792 g/mol. The molecule has 0 amide bonds. The van der Waals surface area contributed by atoms with E-state index in [1.165, 1.54) is 109 Å². The molecule has 2 unspecified atom stereocenters. The lowest BCUT2D eigenvalue weighted by Gasteiger charge is -2.34. The van der Waals surface area contributed by atoms with Crippen LogP contribution in [0.25, 0.3) is 0 Å². The number of esters is 2. The van der Waals surface area contributed by atoms with Crippen LogP contribution in [0, 0.1) is 0 Å². The van der Waals surface area contributed by atoms with Crippen molar-refractivity contribution in [3.63, 3.8) is 0 Å². The molecule has 0 saturated carbocycles. The lowest BCUT2D eigenvalue weighted by molar-refractivity contribution is -0.889. The van der Waals surface area contributed by atoms with Gasteiger partial charge in [-0.2, -0.15) is 0 Å². The van der Waals surface area contributed by atoms with E-state index in [2.05, 4.69) is 38.2 Å². The number of unbranched alkanes of at least 4 members (excludes halogenated alkanes) is 24. The van der Waals surface area contributed by atoms with Crippen molar-refractivity contribution in [2.45, 2.75) is 225 Å². The number of nitrogens with zero attached hydrogens (tertiary/aromatic N) is 1. The molecule has 0 aliphatic heterocycles. The van der Waals surface area contributed by atoms with E-state index in [0.717, 1.165) is 70.6 Å². The molecule has 0 fully saturated rings. The second-order valence-electron chi connectivity index (χ2n) is 17.0. The van der Waals surface area contributed by atoms with Gasteiger partial charge in [0.15, 0.2) is 6.10 Å². The maximum Gasteiger partial charge on any atom is 0.306 e. The van der Waals surface area contributed by atoms with Crippen LogP contribution in [0.4, 0.5) is 0 Å². The first-order valence-corrected chi connectivity index (χ1v) is 23.4. The largest absolute Gasteiger partial charge is 0.544 e. The number of quaternary nitrogens is 1. The summed E-state index contributed by atoms with van der Waals surface area (Å²) >= 11 is 0. The van der Waals surface area contributed by atoms with Crippen molar-refractivity contribution >= 4 is 17.9 Å². The highest BCUT2D eigenvalue weighted by Gasteiger charge is 2.25. The van der Waals surface area contributed by atoms with Gasteiger partial charge >= 0.3 is 11.9 Å². The molecule has 0 aliphatic rings. The Morgan fingerprint density at radius 2 is 0.982 bits per heavy atom. The summed E-state index contributed by atoms with van der Waals surface area (Å²) in [6, 6.07) is -0.725. The molecule has 8 heteroatoms. The van der Waals surface area contributed by atoms with Crippen LogP contribution in [0.5, 0.6) is 0 Å². The van der Waals surface area contributed by atoms with Gasteiger partial charge in [0.05, 0.1) is 40.3 Å². The van der Waals surface area contributed by atoms with Gasteiger partial charge < -0.3 is 28.6 Å². The fraction of sp³-hybridized carbons (Fsp3) is 0.854. The van der Waals surface area contributed by atoms with Crippen molar-refractivity contribution in [3.05, 3.63) is 24.3 Å². The lowest BCUT2D eigenvalue weighted by Crippen LogP contribution is -2.55. The lowest BCUT2D eigenvalue weighted by atomic mass is 10.0. The third-order valence-corrected chi connectivity index (χ3v) is 10.6. The number of hydrogen-bond donors (Lipinski definition) is 0. The van der Waals surface area contributed by atoms with Crippen LogP contribution in [0.15, 0.2) is 24.3 Å². The molecule has 8 nitrogen and oxygen atoms in total. The summed E-state index contributed by atoms with van der Waals surface area (Å²) < 4.78 is 17.2. The maximum atomic E-state index is 12.7. The van der Waals surface area contributed by atoms with Crippen LogP contribution in [-0.2, 0) is 28.6 Å². The Bertz CT molecular complexity index is 973. The van der Waals surface area contributed by atoms with Gasteiger partial charge in [0, 0.05) is 19.3 Å². The van der Waals surface area contributed by atoms with E-state index in [1.54, 1.807) is 21.1 Å². The highest BCUT2D eigenvalue weighted by molar-refractivity contribution is 5.70. The molecule has 0 bridgehead atoms. The zero-order valence-electron chi connectivity index (χ0n) is 37.3. The van der Waals surface area contributed by atoms with E-state index < -0.39 is 18.1 Å². The summed E-state index contributed by atoms with van der Waals surface area (Å²) in [5.74, 6) is -1.74. The standard InChI is InChI=1S/C48H89NO7/c1-6-8-10-12-14-16-18-20-21-22-23-24-25-27-28-30-32-34-36-38-46(50)55-43-44(42-54-41-40-45(48(52)53)49(3,4)5)56-47(51)39-37-35-33-31-29-26-19-17-15-13-11-9-7-2/h11,13,17,19,44-45H,6-10,12,14-16,18,20-43H2,1-5H3/b13-11-,19-17-. The van der Waals surface area contributed by atoms with Gasteiger partial charge in [0.25, 0.3) is 0 Å². The van der Waals surface area contributed by atoms with Crippen LogP contribution in [-0.4, -0.2) is 75.5 Å². The van der Waals surface area contributed by atoms with E-state index in [0.29, 0.717) is 12.8 Å². The first kappa shape index (κ1) is 53.8. The second-order valence-corrected chi connectivity index (χ2v) is 17.0. The van der Waals surface area contributed by atoms with Crippen molar-refractivity contribution in [1.29, 1.82) is 0 Å². The Labute approximate surface area is 345 Å². The van der Waals surface area contributed by atoms with Crippen molar-refractivity contribution in [2.24, 2.45) is 0 Å². The number of aliphatic carboxylic acids is 1. The first-order valence-electron chi connectivity index (χ1n) is 23.4. The van der Waals surface area contributed by atoms with Crippen LogP contribution >= 0.6 is 0 Å².